The fourth-order valence-electron chi connectivity index (χ4n) is 1.59. The van der Waals surface area contributed by atoms with Gasteiger partial charge in [-0.25, -0.2) is 0 Å². The van der Waals surface area contributed by atoms with Crippen LogP contribution in [-0.4, -0.2) is 16.3 Å². The average molecular weight is 199 g/mol. The Balaban J connectivity index is 2.00. The van der Waals surface area contributed by atoms with E-state index in [0.717, 1.165) is 18.6 Å². The van der Waals surface area contributed by atoms with E-state index in [1.807, 2.05) is 0 Å². The van der Waals surface area contributed by atoms with Crippen molar-refractivity contribution >= 4 is 11.6 Å². The van der Waals surface area contributed by atoms with Crippen LogP contribution in [0.3, 0.4) is 0 Å². The monoisotopic (exact) mass is 198 g/mol. The lowest BCUT2D eigenvalue weighted by Crippen LogP contribution is -2.11. The average Bonchev–Trinajstić information content (AvgIpc) is 2.57. The van der Waals surface area contributed by atoms with Crippen molar-refractivity contribution < 1.29 is 4.74 Å². The molecule has 0 aromatic carbocycles. The van der Waals surface area contributed by atoms with E-state index in [1.165, 1.54) is 12.8 Å². The second-order valence-corrected chi connectivity index (χ2v) is 3.63. The number of nitrogens with zero attached hydrogens (tertiary/aromatic N) is 2. The maximum atomic E-state index is 5.68. The molecule has 0 N–H and O–H groups in total. The van der Waals surface area contributed by atoms with Gasteiger partial charge in [-0.1, -0.05) is 11.6 Å². The van der Waals surface area contributed by atoms with Crippen molar-refractivity contribution in [2.45, 2.75) is 31.8 Å². The highest BCUT2D eigenvalue weighted by molar-refractivity contribution is 6.29. The smallest absolute Gasteiger partial charge is 0.155 e. The molecule has 1 fully saturated rings. The lowest BCUT2D eigenvalue weighted by molar-refractivity contribution is 0.209. The van der Waals surface area contributed by atoms with Gasteiger partial charge in [0.1, 0.15) is 5.75 Å². The first-order valence-electron chi connectivity index (χ1n) is 4.49. The van der Waals surface area contributed by atoms with E-state index in [2.05, 4.69) is 10.2 Å². The number of hydrogen-bond acceptors (Lipinski definition) is 3. The van der Waals surface area contributed by atoms with Crippen LogP contribution < -0.4 is 4.74 Å². The molecule has 13 heavy (non-hydrogen) atoms. The summed E-state index contributed by atoms with van der Waals surface area (Å²) < 4.78 is 5.67. The van der Waals surface area contributed by atoms with Gasteiger partial charge in [-0.2, -0.15) is 5.10 Å². The molecule has 0 spiro atoms. The van der Waals surface area contributed by atoms with Crippen LogP contribution in [0.4, 0.5) is 0 Å². The highest BCUT2D eigenvalue weighted by Gasteiger charge is 2.16. The minimum absolute atomic E-state index is 0.347. The predicted molar refractivity (Wildman–Crippen MR) is 49.9 cm³/mol. The van der Waals surface area contributed by atoms with Crippen LogP contribution in [0.25, 0.3) is 0 Å². The molecule has 0 radical (unpaired) electrons. The summed E-state index contributed by atoms with van der Waals surface area (Å²) in [5.41, 5.74) is 0. The van der Waals surface area contributed by atoms with Crippen LogP contribution in [0, 0.1) is 0 Å². The van der Waals surface area contributed by atoms with E-state index in [4.69, 9.17) is 16.3 Å². The third-order valence-corrected chi connectivity index (χ3v) is 2.39. The number of ether oxygens (including phenoxy) is 1. The maximum Gasteiger partial charge on any atom is 0.155 e. The zero-order chi connectivity index (χ0) is 9.10. The minimum Gasteiger partial charge on any atom is -0.489 e. The lowest BCUT2D eigenvalue weighted by atomic mass is 10.3. The van der Waals surface area contributed by atoms with Gasteiger partial charge in [-0.05, 0) is 25.7 Å². The van der Waals surface area contributed by atoms with Crippen molar-refractivity contribution in [3.63, 3.8) is 0 Å². The Hall–Kier alpha value is -0.830. The zero-order valence-electron chi connectivity index (χ0n) is 7.24. The number of halogens is 1. The summed E-state index contributed by atoms with van der Waals surface area (Å²) in [6, 6.07) is 1.70. The van der Waals surface area contributed by atoms with E-state index >= 15 is 0 Å². The molecule has 70 valence electrons. The first-order valence-corrected chi connectivity index (χ1v) is 4.87. The van der Waals surface area contributed by atoms with E-state index in [9.17, 15) is 0 Å². The Morgan fingerprint density at radius 3 is 2.85 bits per heavy atom. The fraction of sp³-hybridized carbons (Fsp3) is 0.556. The molecule has 1 saturated carbocycles. The molecular weight excluding hydrogens is 188 g/mol. The largest absolute Gasteiger partial charge is 0.489 e. The normalized spacial score (nSPS) is 17.6. The highest BCUT2D eigenvalue weighted by atomic mass is 35.5. The van der Waals surface area contributed by atoms with Crippen LogP contribution in [-0.2, 0) is 0 Å². The van der Waals surface area contributed by atoms with Crippen molar-refractivity contribution in [3.05, 3.63) is 17.4 Å². The molecule has 1 heterocycles. The second-order valence-electron chi connectivity index (χ2n) is 3.24. The fourth-order valence-corrected chi connectivity index (χ4v) is 1.74. The second kappa shape index (κ2) is 3.92. The van der Waals surface area contributed by atoms with Crippen LogP contribution in [0.2, 0.25) is 5.15 Å². The third-order valence-electron chi connectivity index (χ3n) is 2.20. The molecule has 1 aliphatic rings. The Morgan fingerprint density at radius 2 is 2.15 bits per heavy atom. The van der Waals surface area contributed by atoms with Crippen molar-refractivity contribution in [1.29, 1.82) is 0 Å². The molecule has 3 nitrogen and oxygen atoms in total. The van der Waals surface area contributed by atoms with Crippen LogP contribution >= 0.6 is 11.6 Å². The molecule has 0 saturated heterocycles. The molecule has 0 amide bonds. The Labute approximate surface area is 82.1 Å². The summed E-state index contributed by atoms with van der Waals surface area (Å²) in [6.07, 6.45) is 6.75. The van der Waals surface area contributed by atoms with E-state index in [-0.39, 0.29) is 0 Å². The topological polar surface area (TPSA) is 35.0 Å². The summed E-state index contributed by atoms with van der Waals surface area (Å²) in [7, 11) is 0. The number of aromatic nitrogens is 2. The molecule has 0 unspecified atom stereocenters. The van der Waals surface area contributed by atoms with Gasteiger partial charge in [0.05, 0.1) is 12.3 Å². The standard InChI is InChI=1S/C9H11ClN2O/c10-9-5-8(6-11-12-9)13-7-3-1-2-4-7/h5-7H,1-4H2. The van der Waals surface area contributed by atoms with E-state index < -0.39 is 0 Å². The first kappa shape index (κ1) is 8.75. The van der Waals surface area contributed by atoms with E-state index in [1.54, 1.807) is 12.3 Å². The zero-order valence-corrected chi connectivity index (χ0v) is 8.00. The van der Waals surface area contributed by atoms with Crippen LogP contribution in [0.15, 0.2) is 12.3 Å². The summed E-state index contributed by atoms with van der Waals surface area (Å²) in [4.78, 5) is 0. The third kappa shape index (κ3) is 2.31. The molecule has 1 aromatic rings. The molecule has 1 aromatic heterocycles. The first-order chi connectivity index (χ1) is 6.34. The van der Waals surface area contributed by atoms with Gasteiger partial charge in [-0.3, -0.25) is 0 Å². The van der Waals surface area contributed by atoms with Crippen molar-refractivity contribution in [2.24, 2.45) is 0 Å². The van der Waals surface area contributed by atoms with Crippen molar-refractivity contribution in [1.82, 2.24) is 10.2 Å². The van der Waals surface area contributed by atoms with Gasteiger partial charge in [0.2, 0.25) is 0 Å². The van der Waals surface area contributed by atoms with Crippen molar-refractivity contribution in [2.75, 3.05) is 0 Å². The van der Waals surface area contributed by atoms with Gasteiger partial charge in [0, 0.05) is 6.07 Å². The molecule has 0 atom stereocenters. The highest BCUT2D eigenvalue weighted by Crippen LogP contribution is 2.24. The maximum absolute atomic E-state index is 5.68. The van der Waals surface area contributed by atoms with Gasteiger partial charge in [-0.15, -0.1) is 5.10 Å². The van der Waals surface area contributed by atoms with E-state index in [0.29, 0.717) is 11.3 Å². The molecule has 4 heteroatoms. The molecule has 2 rings (SSSR count). The lowest BCUT2D eigenvalue weighted by Gasteiger charge is -2.11. The van der Waals surface area contributed by atoms with Gasteiger partial charge in [0.15, 0.2) is 5.15 Å². The molecule has 0 aliphatic heterocycles. The number of rotatable bonds is 2. The molecule has 0 bridgehead atoms. The van der Waals surface area contributed by atoms with Crippen LogP contribution in [0.1, 0.15) is 25.7 Å². The Morgan fingerprint density at radius 1 is 1.38 bits per heavy atom. The Bertz CT molecular complexity index is 287. The number of hydrogen-bond donors (Lipinski definition) is 0. The summed E-state index contributed by atoms with van der Waals surface area (Å²) >= 11 is 5.68. The van der Waals surface area contributed by atoms with Crippen molar-refractivity contribution in [3.8, 4) is 5.75 Å². The van der Waals surface area contributed by atoms with Gasteiger partial charge >= 0.3 is 0 Å². The molecule has 1 aliphatic carbocycles. The SMILES string of the molecule is Clc1cc(OC2CCCC2)cnn1. The minimum atomic E-state index is 0.347. The van der Waals surface area contributed by atoms with Crippen LogP contribution in [0.5, 0.6) is 5.75 Å². The summed E-state index contributed by atoms with van der Waals surface area (Å²) in [5.74, 6) is 0.729. The predicted octanol–water partition coefficient (Wildman–Crippen LogP) is 2.45. The molecular formula is C9H11ClN2O. The summed E-state index contributed by atoms with van der Waals surface area (Å²) in [5, 5.41) is 7.75. The quantitative estimate of drug-likeness (QED) is 0.732. The van der Waals surface area contributed by atoms with Gasteiger partial charge < -0.3 is 4.74 Å². The van der Waals surface area contributed by atoms with Gasteiger partial charge in [0.25, 0.3) is 0 Å². The Kier molecular flexibility index (Phi) is 2.64. The summed E-state index contributed by atoms with van der Waals surface area (Å²) in [6.45, 7) is 0.